The molecule has 1 aromatic carbocycles. The second kappa shape index (κ2) is 3.42. The molecule has 0 aliphatic carbocycles. The molecule has 1 aromatic rings. The number of carbonyl (C=O) groups is 1. The van der Waals surface area contributed by atoms with Crippen molar-refractivity contribution in [1.29, 1.82) is 0 Å². The molecule has 0 atom stereocenters. The lowest BCUT2D eigenvalue weighted by Crippen LogP contribution is -2.12. The molecule has 0 saturated heterocycles. The third-order valence-electron chi connectivity index (χ3n) is 1.40. The van der Waals surface area contributed by atoms with Crippen LogP contribution in [0.1, 0.15) is 10.4 Å². The normalized spacial score (nSPS) is 9.50. The molecule has 5 N–H and O–H groups in total. The molecule has 0 unspecified atom stereocenters. The number of hydrazine groups is 1. The summed E-state index contributed by atoms with van der Waals surface area (Å²) in [6.45, 7) is 0. The Balaban J connectivity index is 3.12. The fraction of sp³-hybridized carbons (Fsp3) is 0. The Kier molecular flexibility index (Phi) is 2.52. The molecule has 0 aromatic heterocycles. The largest absolute Gasteiger partial charge is 0.366 e. The van der Waals surface area contributed by atoms with Crippen LogP contribution in [0.15, 0.2) is 18.2 Å². The summed E-state index contributed by atoms with van der Waals surface area (Å²) in [5, 5.41) is 0.290. The first-order chi connectivity index (χ1) is 5.65. The van der Waals surface area contributed by atoms with Crippen molar-refractivity contribution < 1.29 is 4.79 Å². The molecule has 1 amide bonds. The Hall–Kier alpha value is -1.26. The van der Waals surface area contributed by atoms with Gasteiger partial charge >= 0.3 is 0 Å². The molecule has 0 saturated carbocycles. The SMILES string of the molecule is NNc1ccc(C(N)=O)c(Cl)c1. The predicted molar refractivity (Wildman–Crippen MR) is 47.8 cm³/mol. The lowest BCUT2D eigenvalue weighted by molar-refractivity contribution is 0.100. The molecule has 12 heavy (non-hydrogen) atoms. The molecular weight excluding hydrogens is 178 g/mol. The number of carbonyl (C=O) groups excluding carboxylic acids is 1. The predicted octanol–water partition coefficient (Wildman–Crippen LogP) is 0.725. The number of halogens is 1. The first-order valence-electron chi connectivity index (χ1n) is 3.21. The van der Waals surface area contributed by atoms with Crippen LogP contribution in [-0.2, 0) is 0 Å². The van der Waals surface area contributed by atoms with Crippen molar-refractivity contribution in [1.82, 2.24) is 0 Å². The molecule has 0 heterocycles. The average Bonchev–Trinajstić information content (AvgIpc) is 2.03. The van der Waals surface area contributed by atoms with Gasteiger partial charge in [0.2, 0.25) is 5.91 Å². The Morgan fingerprint density at radius 1 is 1.50 bits per heavy atom. The van der Waals surface area contributed by atoms with Gasteiger partial charge in [-0.05, 0) is 18.2 Å². The van der Waals surface area contributed by atoms with Crippen LogP contribution in [-0.4, -0.2) is 5.91 Å². The van der Waals surface area contributed by atoms with Gasteiger partial charge in [-0.3, -0.25) is 10.6 Å². The van der Waals surface area contributed by atoms with E-state index in [0.29, 0.717) is 5.69 Å². The van der Waals surface area contributed by atoms with Gasteiger partial charge in [0, 0.05) is 5.69 Å². The van der Waals surface area contributed by atoms with E-state index in [-0.39, 0.29) is 10.6 Å². The van der Waals surface area contributed by atoms with Crippen LogP contribution >= 0.6 is 11.6 Å². The first-order valence-corrected chi connectivity index (χ1v) is 3.59. The minimum Gasteiger partial charge on any atom is -0.366 e. The Labute approximate surface area is 74.5 Å². The number of primary amides is 1. The van der Waals surface area contributed by atoms with E-state index >= 15 is 0 Å². The van der Waals surface area contributed by atoms with E-state index in [0.717, 1.165) is 0 Å². The third kappa shape index (κ3) is 1.66. The van der Waals surface area contributed by atoms with E-state index in [9.17, 15) is 4.79 Å². The van der Waals surface area contributed by atoms with Gasteiger partial charge in [0.25, 0.3) is 0 Å². The number of nitrogens with one attached hydrogen (secondary N) is 1. The summed E-state index contributed by atoms with van der Waals surface area (Å²) in [5.41, 5.74) is 8.35. The minimum absolute atomic E-state index is 0.288. The highest BCUT2D eigenvalue weighted by Crippen LogP contribution is 2.19. The zero-order valence-corrected chi connectivity index (χ0v) is 6.93. The molecule has 64 valence electrons. The number of nitrogens with two attached hydrogens (primary N) is 2. The summed E-state index contributed by atoms with van der Waals surface area (Å²) in [6, 6.07) is 4.66. The molecule has 0 aliphatic heterocycles. The molecule has 4 nitrogen and oxygen atoms in total. The van der Waals surface area contributed by atoms with Crippen molar-refractivity contribution in [3.63, 3.8) is 0 Å². The molecule has 0 aliphatic rings. The van der Waals surface area contributed by atoms with E-state index in [1.165, 1.54) is 12.1 Å². The summed E-state index contributed by atoms with van der Waals surface area (Å²) >= 11 is 5.71. The van der Waals surface area contributed by atoms with Crippen molar-refractivity contribution >= 4 is 23.2 Å². The Morgan fingerprint density at radius 3 is 2.58 bits per heavy atom. The summed E-state index contributed by atoms with van der Waals surface area (Å²) < 4.78 is 0. The zero-order chi connectivity index (χ0) is 9.14. The van der Waals surface area contributed by atoms with Crippen molar-refractivity contribution in [2.45, 2.75) is 0 Å². The summed E-state index contributed by atoms with van der Waals surface area (Å²) in [6.07, 6.45) is 0. The van der Waals surface area contributed by atoms with E-state index in [1.54, 1.807) is 6.07 Å². The molecule has 0 bridgehead atoms. The van der Waals surface area contributed by atoms with E-state index < -0.39 is 5.91 Å². The maximum Gasteiger partial charge on any atom is 0.250 e. The van der Waals surface area contributed by atoms with Gasteiger partial charge in [0.05, 0.1) is 10.6 Å². The highest BCUT2D eigenvalue weighted by Gasteiger charge is 2.05. The molecule has 0 spiro atoms. The average molecular weight is 186 g/mol. The van der Waals surface area contributed by atoms with E-state index in [1.807, 2.05) is 0 Å². The topological polar surface area (TPSA) is 81.1 Å². The second-order valence-corrected chi connectivity index (χ2v) is 2.61. The molecule has 0 radical (unpaired) electrons. The van der Waals surface area contributed by atoms with Crippen LogP contribution in [0.5, 0.6) is 0 Å². The monoisotopic (exact) mass is 185 g/mol. The van der Waals surface area contributed by atoms with Crippen LogP contribution in [0.2, 0.25) is 5.02 Å². The van der Waals surface area contributed by atoms with Gasteiger partial charge in [-0.15, -0.1) is 0 Å². The van der Waals surface area contributed by atoms with Gasteiger partial charge < -0.3 is 11.2 Å². The van der Waals surface area contributed by atoms with Gasteiger partial charge in [-0.1, -0.05) is 11.6 Å². The fourth-order valence-electron chi connectivity index (χ4n) is 0.805. The van der Waals surface area contributed by atoms with Crippen LogP contribution in [0.3, 0.4) is 0 Å². The van der Waals surface area contributed by atoms with Gasteiger partial charge in [0.1, 0.15) is 0 Å². The fourth-order valence-corrected chi connectivity index (χ4v) is 1.08. The number of rotatable bonds is 2. The number of nitrogen functional groups attached to an aromatic ring is 1. The first kappa shape index (κ1) is 8.83. The lowest BCUT2D eigenvalue weighted by Gasteiger charge is -2.02. The van der Waals surface area contributed by atoms with Crippen molar-refractivity contribution in [2.75, 3.05) is 5.43 Å². The Bertz CT molecular complexity index is 314. The maximum atomic E-state index is 10.7. The summed E-state index contributed by atoms with van der Waals surface area (Å²) in [7, 11) is 0. The number of amides is 1. The maximum absolute atomic E-state index is 10.7. The number of hydrogen-bond donors (Lipinski definition) is 3. The number of benzene rings is 1. The molecule has 1 rings (SSSR count). The number of hydrogen-bond acceptors (Lipinski definition) is 3. The van der Waals surface area contributed by atoms with E-state index in [4.69, 9.17) is 23.2 Å². The standard InChI is InChI=1S/C7H8ClN3O/c8-6-3-4(11-10)1-2-5(6)7(9)12/h1-3,11H,10H2,(H2,9,12). The summed E-state index contributed by atoms with van der Waals surface area (Å²) in [5.74, 6) is 4.57. The molecular formula is C7H8ClN3O. The van der Waals surface area contributed by atoms with E-state index in [2.05, 4.69) is 5.43 Å². The highest BCUT2D eigenvalue weighted by molar-refractivity contribution is 6.34. The quantitative estimate of drug-likeness (QED) is 0.469. The van der Waals surface area contributed by atoms with Crippen molar-refractivity contribution in [2.24, 2.45) is 11.6 Å². The van der Waals surface area contributed by atoms with Crippen LogP contribution in [0, 0.1) is 0 Å². The smallest absolute Gasteiger partial charge is 0.250 e. The lowest BCUT2D eigenvalue weighted by atomic mass is 10.2. The van der Waals surface area contributed by atoms with Crippen LogP contribution < -0.4 is 17.0 Å². The molecule has 0 fully saturated rings. The van der Waals surface area contributed by atoms with Crippen molar-refractivity contribution in [3.8, 4) is 0 Å². The minimum atomic E-state index is -0.552. The van der Waals surface area contributed by atoms with Crippen molar-refractivity contribution in [3.05, 3.63) is 28.8 Å². The van der Waals surface area contributed by atoms with Gasteiger partial charge in [0.15, 0.2) is 0 Å². The zero-order valence-electron chi connectivity index (χ0n) is 6.17. The van der Waals surface area contributed by atoms with Crippen LogP contribution in [0.25, 0.3) is 0 Å². The second-order valence-electron chi connectivity index (χ2n) is 2.20. The van der Waals surface area contributed by atoms with Crippen LogP contribution in [0.4, 0.5) is 5.69 Å². The van der Waals surface area contributed by atoms with Gasteiger partial charge in [-0.25, -0.2) is 0 Å². The number of anilines is 1. The Morgan fingerprint density at radius 2 is 2.17 bits per heavy atom. The molecule has 5 heteroatoms. The third-order valence-corrected chi connectivity index (χ3v) is 1.71. The van der Waals surface area contributed by atoms with Gasteiger partial charge in [-0.2, -0.15) is 0 Å². The summed E-state index contributed by atoms with van der Waals surface area (Å²) in [4.78, 5) is 10.7. The highest BCUT2D eigenvalue weighted by atomic mass is 35.5.